The Hall–Kier alpha value is -2.78. The molecule has 0 spiro atoms. The van der Waals surface area contributed by atoms with E-state index in [1.54, 1.807) is 0 Å². The first-order valence-corrected chi connectivity index (χ1v) is 7.53. The van der Waals surface area contributed by atoms with E-state index in [0.717, 1.165) is 27.7 Å². The van der Waals surface area contributed by atoms with Crippen LogP contribution >= 0.6 is 0 Å². The molecule has 0 saturated carbocycles. The van der Waals surface area contributed by atoms with Gasteiger partial charge in [0.25, 0.3) is 0 Å². The van der Waals surface area contributed by atoms with E-state index in [-0.39, 0.29) is 6.61 Å². The molecule has 1 saturated heterocycles. The number of carbonyl (C=O) groups is 4. The molecule has 0 bridgehead atoms. The first kappa shape index (κ1) is 21.3. The Balaban J connectivity index is 3.28. The Morgan fingerprint density at radius 1 is 0.846 bits per heavy atom. The summed E-state index contributed by atoms with van der Waals surface area (Å²) >= 11 is 0. The maximum Gasteiger partial charge on any atom is 0.303 e. The summed E-state index contributed by atoms with van der Waals surface area (Å²) in [6.07, 6.45) is -5.30. The second-order valence-electron chi connectivity index (χ2n) is 5.31. The molecule has 0 radical (unpaired) electrons. The molecule has 5 atom stereocenters. The highest BCUT2D eigenvalue weighted by Crippen LogP contribution is 2.29. The molecule has 3 unspecified atom stereocenters. The average Bonchev–Trinajstić information content (AvgIpc) is 2.50. The molecule has 0 aromatic heterocycles. The van der Waals surface area contributed by atoms with Gasteiger partial charge < -0.3 is 23.7 Å². The molecule has 0 amide bonds. The highest BCUT2D eigenvalue weighted by Gasteiger charge is 2.52. The molecule has 144 valence electrons. The largest absolute Gasteiger partial charge is 0.463 e. The van der Waals surface area contributed by atoms with Crippen molar-refractivity contribution < 1.29 is 47.7 Å². The van der Waals surface area contributed by atoms with Crippen molar-refractivity contribution in [3.05, 3.63) is 0 Å². The maximum atomic E-state index is 11.5. The van der Waals surface area contributed by atoms with Crippen LogP contribution in [0.2, 0.25) is 0 Å². The number of rotatable bonds is 6. The monoisotopic (exact) mass is 373 g/mol. The molecular formula is C15H19NO10. The SMILES string of the molecule is CC(=O)OCC1O[C@@H](N=C=O)C(OC(C)=O)C(OC(C)=O)[C@@H]1OC(C)=O. The van der Waals surface area contributed by atoms with Crippen LogP contribution in [0.4, 0.5) is 0 Å². The van der Waals surface area contributed by atoms with E-state index in [2.05, 4.69) is 4.99 Å². The fourth-order valence-electron chi connectivity index (χ4n) is 2.36. The minimum atomic E-state index is -1.41. The molecule has 0 aromatic carbocycles. The van der Waals surface area contributed by atoms with Gasteiger partial charge in [0.15, 0.2) is 18.3 Å². The third-order valence-electron chi connectivity index (χ3n) is 3.15. The molecule has 1 heterocycles. The number of hydrogen-bond donors (Lipinski definition) is 0. The molecule has 11 heteroatoms. The van der Waals surface area contributed by atoms with Crippen molar-refractivity contribution in [1.29, 1.82) is 0 Å². The summed E-state index contributed by atoms with van der Waals surface area (Å²) in [7, 11) is 0. The van der Waals surface area contributed by atoms with E-state index < -0.39 is 54.5 Å². The summed E-state index contributed by atoms with van der Waals surface area (Å²) in [5.74, 6) is -2.94. The van der Waals surface area contributed by atoms with E-state index in [4.69, 9.17) is 23.7 Å². The van der Waals surface area contributed by atoms with Crippen LogP contribution in [0.25, 0.3) is 0 Å². The van der Waals surface area contributed by atoms with Gasteiger partial charge in [0.1, 0.15) is 12.7 Å². The molecule has 11 nitrogen and oxygen atoms in total. The van der Waals surface area contributed by atoms with Crippen molar-refractivity contribution in [3.8, 4) is 0 Å². The fraction of sp³-hybridized carbons (Fsp3) is 0.667. The zero-order valence-electron chi connectivity index (χ0n) is 14.6. The van der Waals surface area contributed by atoms with Crippen LogP contribution in [0.3, 0.4) is 0 Å². The highest BCUT2D eigenvalue weighted by atomic mass is 16.7. The lowest BCUT2D eigenvalue weighted by Crippen LogP contribution is -2.61. The van der Waals surface area contributed by atoms with Crippen LogP contribution in [0.1, 0.15) is 27.7 Å². The summed E-state index contributed by atoms with van der Waals surface area (Å²) < 4.78 is 25.6. The Morgan fingerprint density at radius 3 is 1.81 bits per heavy atom. The average molecular weight is 373 g/mol. The third-order valence-corrected chi connectivity index (χ3v) is 3.15. The van der Waals surface area contributed by atoms with E-state index in [1.165, 1.54) is 6.08 Å². The topological polar surface area (TPSA) is 144 Å². The quantitative estimate of drug-likeness (QED) is 0.256. The Labute approximate surface area is 148 Å². The van der Waals surface area contributed by atoms with Crippen LogP contribution in [-0.2, 0) is 47.7 Å². The van der Waals surface area contributed by atoms with Gasteiger partial charge in [-0.2, -0.15) is 4.99 Å². The number of ether oxygens (including phenoxy) is 5. The van der Waals surface area contributed by atoms with E-state index in [1.807, 2.05) is 0 Å². The number of aliphatic imine (C=N–C) groups is 1. The standard InChI is InChI=1S/C15H19NO10/c1-7(18)22-5-11-12(23-8(2)19)13(24-9(3)20)14(25-10(4)21)15(26-11)16-6-17/h11-15H,5H2,1-4H3/t11?,12-,13?,14?,15-/m1/s1. The molecule has 26 heavy (non-hydrogen) atoms. The van der Waals surface area contributed by atoms with Crippen LogP contribution in [0, 0.1) is 0 Å². The predicted molar refractivity (Wildman–Crippen MR) is 80.1 cm³/mol. The number of isocyanates is 1. The molecule has 0 aliphatic carbocycles. The van der Waals surface area contributed by atoms with Crippen LogP contribution < -0.4 is 0 Å². The van der Waals surface area contributed by atoms with Crippen molar-refractivity contribution in [3.63, 3.8) is 0 Å². The van der Waals surface area contributed by atoms with Crippen molar-refractivity contribution in [2.24, 2.45) is 4.99 Å². The lowest BCUT2D eigenvalue weighted by Gasteiger charge is -2.42. The summed E-state index contributed by atoms with van der Waals surface area (Å²) in [5, 5.41) is 0. The summed E-state index contributed by atoms with van der Waals surface area (Å²) in [6.45, 7) is 4.03. The van der Waals surface area contributed by atoms with Gasteiger partial charge in [-0.25, -0.2) is 4.79 Å². The summed E-state index contributed by atoms with van der Waals surface area (Å²) in [5.41, 5.74) is 0. The number of carbonyl (C=O) groups excluding carboxylic acids is 5. The molecular weight excluding hydrogens is 354 g/mol. The first-order valence-electron chi connectivity index (χ1n) is 7.53. The van der Waals surface area contributed by atoms with Crippen molar-refractivity contribution in [2.45, 2.75) is 58.3 Å². The molecule has 1 aliphatic rings. The van der Waals surface area contributed by atoms with Crippen molar-refractivity contribution in [1.82, 2.24) is 0 Å². The van der Waals surface area contributed by atoms with Crippen molar-refractivity contribution >= 4 is 30.0 Å². The van der Waals surface area contributed by atoms with Crippen LogP contribution in [0.5, 0.6) is 0 Å². The Kier molecular flexibility index (Phi) is 7.88. The highest BCUT2D eigenvalue weighted by molar-refractivity contribution is 5.68. The second-order valence-corrected chi connectivity index (χ2v) is 5.31. The van der Waals surface area contributed by atoms with Gasteiger partial charge in [-0.1, -0.05) is 0 Å². The van der Waals surface area contributed by atoms with Crippen molar-refractivity contribution in [2.75, 3.05) is 6.61 Å². The normalized spacial score (nSPS) is 27.5. The van der Waals surface area contributed by atoms with Gasteiger partial charge in [0.2, 0.25) is 12.3 Å². The fourth-order valence-corrected chi connectivity index (χ4v) is 2.36. The molecule has 1 rings (SSSR count). The second kappa shape index (κ2) is 9.64. The van der Waals surface area contributed by atoms with Gasteiger partial charge in [-0.15, -0.1) is 0 Å². The zero-order chi connectivity index (χ0) is 19.9. The molecule has 1 aliphatic heterocycles. The lowest BCUT2D eigenvalue weighted by molar-refractivity contribution is -0.250. The minimum absolute atomic E-state index is 0.386. The van der Waals surface area contributed by atoms with Crippen LogP contribution in [0.15, 0.2) is 4.99 Å². The van der Waals surface area contributed by atoms with Gasteiger partial charge >= 0.3 is 23.9 Å². The number of nitrogens with zero attached hydrogens (tertiary/aromatic N) is 1. The van der Waals surface area contributed by atoms with Gasteiger partial charge in [0, 0.05) is 27.7 Å². The van der Waals surface area contributed by atoms with E-state index >= 15 is 0 Å². The number of hydrogen-bond acceptors (Lipinski definition) is 11. The lowest BCUT2D eigenvalue weighted by atomic mass is 9.97. The molecule has 1 fully saturated rings. The molecule has 0 aromatic rings. The summed E-state index contributed by atoms with van der Waals surface area (Å²) in [6, 6.07) is 0. The van der Waals surface area contributed by atoms with E-state index in [9.17, 15) is 24.0 Å². The zero-order valence-corrected chi connectivity index (χ0v) is 14.6. The smallest absolute Gasteiger partial charge is 0.303 e. The first-order chi connectivity index (χ1) is 12.1. The summed E-state index contributed by atoms with van der Waals surface area (Å²) in [4.78, 5) is 59.4. The third kappa shape index (κ3) is 6.26. The van der Waals surface area contributed by atoms with Gasteiger partial charge in [-0.05, 0) is 0 Å². The number of esters is 4. The minimum Gasteiger partial charge on any atom is -0.463 e. The van der Waals surface area contributed by atoms with Gasteiger partial charge in [0.05, 0.1) is 0 Å². The predicted octanol–water partition coefficient (Wildman–Crippen LogP) is -0.595. The maximum absolute atomic E-state index is 11.5. The Morgan fingerprint density at radius 2 is 1.35 bits per heavy atom. The molecule has 0 N–H and O–H groups in total. The Bertz CT molecular complexity index is 612. The van der Waals surface area contributed by atoms with E-state index in [0.29, 0.717) is 0 Å². The van der Waals surface area contributed by atoms with Gasteiger partial charge in [-0.3, -0.25) is 19.2 Å². The van der Waals surface area contributed by atoms with Crippen LogP contribution in [-0.4, -0.2) is 67.2 Å².